The highest BCUT2D eigenvalue weighted by molar-refractivity contribution is 8.00. The lowest BCUT2D eigenvalue weighted by Crippen LogP contribution is -2.29. The van der Waals surface area contributed by atoms with E-state index in [1.165, 1.54) is 30.0 Å². The number of non-ortho nitro benzene ring substituents is 1. The molecule has 1 fully saturated rings. The van der Waals surface area contributed by atoms with Crippen molar-refractivity contribution in [3.63, 3.8) is 0 Å². The Morgan fingerprint density at radius 3 is 2.51 bits per heavy atom. The largest absolute Gasteiger partial charge is 0.507 e. The molecule has 3 aromatic carbocycles. The number of hydrogen-bond donors (Lipinski definition) is 1. The third kappa shape index (κ3) is 5.42. The molecule has 4 aromatic rings. The zero-order valence-corrected chi connectivity index (χ0v) is 22.7. The summed E-state index contributed by atoms with van der Waals surface area (Å²) >= 11 is 8.46. The number of carbonyl (C=O) groups excluding carboxylic acids is 2. The van der Waals surface area contributed by atoms with Crippen molar-refractivity contribution in [3.05, 3.63) is 116 Å². The Kier molecular flexibility index (Phi) is 7.47. The minimum absolute atomic E-state index is 0.134. The number of anilines is 1. The first-order valence-corrected chi connectivity index (χ1v) is 13.7. The molecule has 1 unspecified atom stereocenters. The molecular formula is C27H19ClN4O5S2. The summed E-state index contributed by atoms with van der Waals surface area (Å²) in [5.74, 6) is -1.64. The number of ketones is 1. The van der Waals surface area contributed by atoms with Gasteiger partial charge in [0.25, 0.3) is 11.5 Å². The summed E-state index contributed by atoms with van der Waals surface area (Å²) in [7, 11) is 0. The predicted octanol–water partition coefficient (Wildman–Crippen LogP) is 6.33. The Morgan fingerprint density at radius 1 is 1.10 bits per heavy atom. The Balaban J connectivity index is 1.56. The molecule has 1 aromatic heterocycles. The number of aliphatic hydroxyl groups excluding tert-OH is 1. The van der Waals surface area contributed by atoms with Crippen molar-refractivity contribution < 1.29 is 19.6 Å². The molecule has 0 bridgehead atoms. The van der Waals surface area contributed by atoms with E-state index < -0.39 is 22.7 Å². The number of halogens is 1. The lowest BCUT2D eigenvalue weighted by molar-refractivity contribution is -0.384. The van der Waals surface area contributed by atoms with Crippen LogP contribution in [0.1, 0.15) is 28.3 Å². The third-order valence-corrected chi connectivity index (χ3v) is 8.42. The lowest BCUT2D eigenvalue weighted by Gasteiger charge is -2.22. The second-order valence-corrected chi connectivity index (χ2v) is 11.3. The third-order valence-electron chi connectivity index (χ3n) is 6.04. The van der Waals surface area contributed by atoms with Gasteiger partial charge in [-0.05, 0) is 30.2 Å². The molecule has 1 atom stereocenters. The zero-order chi connectivity index (χ0) is 27.7. The number of nitro benzene ring substituents is 1. The van der Waals surface area contributed by atoms with Gasteiger partial charge < -0.3 is 5.11 Å². The molecule has 0 spiro atoms. The predicted molar refractivity (Wildman–Crippen MR) is 150 cm³/mol. The highest BCUT2D eigenvalue weighted by atomic mass is 35.5. The molecule has 0 radical (unpaired) electrons. The van der Waals surface area contributed by atoms with Crippen molar-refractivity contribution in [1.29, 1.82) is 0 Å². The van der Waals surface area contributed by atoms with Crippen LogP contribution in [0.15, 0.2) is 82.7 Å². The van der Waals surface area contributed by atoms with E-state index in [-0.39, 0.29) is 27.7 Å². The highest BCUT2D eigenvalue weighted by Gasteiger charge is 2.48. The minimum atomic E-state index is -1.15. The lowest BCUT2D eigenvalue weighted by atomic mass is 9.95. The average molecular weight is 579 g/mol. The fourth-order valence-electron chi connectivity index (χ4n) is 4.10. The number of aryl methyl sites for hydroxylation is 1. The number of amides is 1. The molecule has 1 amide bonds. The quantitative estimate of drug-likeness (QED) is 0.0513. The molecule has 1 saturated heterocycles. The molecule has 5 rings (SSSR count). The van der Waals surface area contributed by atoms with E-state index >= 15 is 0 Å². The van der Waals surface area contributed by atoms with E-state index in [4.69, 9.17) is 11.6 Å². The molecule has 1 N–H and O–H groups in total. The molecule has 1 aliphatic heterocycles. The van der Waals surface area contributed by atoms with Gasteiger partial charge in [-0.1, -0.05) is 88.8 Å². The minimum Gasteiger partial charge on any atom is -0.507 e. The Morgan fingerprint density at radius 2 is 1.82 bits per heavy atom. The first-order chi connectivity index (χ1) is 18.7. The summed E-state index contributed by atoms with van der Waals surface area (Å²) in [6.45, 7) is 1.88. The number of aromatic nitrogens is 2. The monoisotopic (exact) mass is 578 g/mol. The summed E-state index contributed by atoms with van der Waals surface area (Å²) in [6, 6.07) is 18.6. The number of Topliss-reactive ketones (excluding diaryl/α,β-unsaturated/α-hetero) is 1. The van der Waals surface area contributed by atoms with Gasteiger partial charge in [0.2, 0.25) is 5.13 Å². The maximum Gasteiger partial charge on any atom is 0.301 e. The maximum atomic E-state index is 13.3. The van der Waals surface area contributed by atoms with E-state index in [0.717, 1.165) is 27.4 Å². The number of rotatable bonds is 7. The van der Waals surface area contributed by atoms with Gasteiger partial charge in [-0.15, -0.1) is 10.2 Å². The SMILES string of the molecule is Cc1ccc(/C(O)=C2/C(=O)C(=O)N(c3nnc(SCc4ccc(Cl)cc4)s3)C2c2cccc([N+](=O)[O-])c2)cc1. The van der Waals surface area contributed by atoms with Gasteiger partial charge in [0.1, 0.15) is 5.76 Å². The number of thioether (sulfide) groups is 1. The molecule has 12 heteroatoms. The van der Waals surface area contributed by atoms with Crippen LogP contribution < -0.4 is 4.90 Å². The van der Waals surface area contributed by atoms with Crippen LogP contribution in [0.5, 0.6) is 0 Å². The Hall–Kier alpha value is -4.06. The molecule has 2 heterocycles. The maximum absolute atomic E-state index is 13.3. The first kappa shape index (κ1) is 26.5. The van der Waals surface area contributed by atoms with Crippen molar-refractivity contribution in [2.24, 2.45) is 0 Å². The van der Waals surface area contributed by atoms with Crippen molar-refractivity contribution in [1.82, 2.24) is 10.2 Å². The summed E-state index contributed by atoms with van der Waals surface area (Å²) in [5, 5.41) is 31.8. The number of nitro groups is 1. The van der Waals surface area contributed by atoms with Crippen LogP contribution in [-0.4, -0.2) is 31.9 Å². The van der Waals surface area contributed by atoms with Crippen LogP contribution in [0.3, 0.4) is 0 Å². The van der Waals surface area contributed by atoms with E-state index in [9.17, 15) is 24.8 Å². The van der Waals surface area contributed by atoms with Crippen LogP contribution in [0, 0.1) is 17.0 Å². The summed E-state index contributed by atoms with van der Waals surface area (Å²) in [4.78, 5) is 38.7. The average Bonchev–Trinajstić information content (AvgIpc) is 3.50. The van der Waals surface area contributed by atoms with Crippen LogP contribution in [0.25, 0.3) is 5.76 Å². The molecular weight excluding hydrogens is 560 g/mol. The van der Waals surface area contributed by atoms with Crippen LogP contribution >= 0.6 is 34.7 Å². The first-order valence-electron chi connectivity index (χ1n) is 11.6. The van der Waals surface area contributed by atoms with Crippen molar-refractivity contribution >= 4 is 63.0 Å². The van der Waals surface area contributed by atoms with Crippen LogP contribution in [0.2, 0.25) is 5.02 Å². The van der Waals surface area contributed by atoms with Gasteiger partial charge in [-0.2, -0.15) is 0 Å². The van der Waals surface area contributed by atoms with Crippen molar-refractivity contribution in [2.75, 3.05) is 4.90 Å². The fourth-order valence-corrected chi connectivity index (χ4v) is 6.05. The van der Waals surface area contributed by atoms with Gasteiger partial charge in [-0.3, -0.25) is 24.6 Å². The molecule has 196 valence electrons. The molecule has 9 nitrogen and oxygen atoms in total. The van der Waals surface area contributed by atoms with Crippen LogP contribution in [-0.2, 0) is 15.3 Å². The van der Waals surface area contributed by atoms with Crippen LogP contribution in [0.4, 0.5) is 10.8 Å². The standard InChI is InChI=1S/C27H19ClN4O5S2/c1-15-5-9-17(10-6-15)23(33)21-22(18-3-2-4-20(13-18)32(36)37)31(25(35)24(21)34)26-29-30-27(39-26)38-14-16-7-11-19(28)12-8-16/h2-13,22,33H,14H2,1H3/b23-21-. The Labute approximate surface area is 235 Å². The number of nitrogens with zero attached hydrogens (tertiary/aromatic N) is 4. The van der Waals surface area contributed by atoms with Crippen molar-refractivity contribution in [2.45, 2.75) is 23.1 Å². The number of benzene rings is 3. The zero-order valence-electron chi connectivity index (χ0n) is 20.3. The number of aliphatic hydroxyl groups is 1. The topological polar surface area (TPSA) is 127 Å². The number of carbonyl (C=O) groups is 2. The highest BCUT2D eigenvalue weighted by Crippen LogP contribution is 2.44. The smallest absolute Gasteiger partial charge is 0.301 e. The second-order valence-electron chi connectivity index (χ2n) is 8.65. The van der Waals surface area contributed by atoms with Gasteiger partial charge in [0, 0.05) is 28.5 Å². The van der Waals surface area contributed by atoms with E-state index in [1.807, 2.05) is 19.1 Å². The van der Waals surface area contributed by atoms with Gasteiger partial charge >= 0.3 is 5.91 Å². The number of hydrogen-bond acceptors (Lipinski definition) is 9. The molecule has 0 aliphatic carbocycles. The fraction of sp³-hybridized carbons (Fsp3) is 0.111. The van der Waals surface area contributed by atoms with Gasteiger partial charge in [-0.25, -0.2) is 0 Å². The normalized spacial score (nSPS) is 16.6. The summed E-state index contributed by atoms with van der Waals surface area (Å²) in [6.07, 6.45) is 0. The molecule has 39 heavy (non-hydrogen) atoms. The summed E-state index contributed by atoms with van der Waals surface area (Å²) < 4.78 is 0.554. The summed E-state index contributed by atoms with van der Waals surface area (Å²) in [5.41, 5.74) is 2.17. The van der Waals surface area contributed by atoms with E-state index in [0.29, 0.717) is 20.7 Å². The van der Waals surface area contributed by atoms with Crippen molar-refractivity contribution in [3.8, 4) is 0 Å². The van der Waals surface area contributed by atoms with E-state index in [1.54, 1.807) is 42.5 Å². The molecule has 0 saturated carbocycles. The second kappa shape index (κ2) is 11.0. The van der Waals surface area contributed by atoms with E-state index in [2.05, 4.69) is 10.2 Å². The Bertz CT molecular complexity index is 1620. The molecule has 1 aliphatic rings. The van der Waals surface area contributed by atoms with Gasteiger partial charge in [0.05, 0.1) is 16.5 Å². The van der Waals surface area contributed by atoms with Gasteiger partial charge in [0.15, 0.2) is 4.34 Å².